The predicted octanol–water partition coefficient (Wildman–Crippen LogP) is 2.18. The largest absolute Gasteiger partial charge is 0.384 e. The van der Waals surface area contributed by atoms with Crippen LogP contribution in [-0.2, 0) is 11.2 Å². The number of methoxy groups -OCH3 is 1. The molecule has 1 aliphatic rings. The molecule has 2 rings (SSSR count). The topological polar surface area (TPSA) is 24.5 Å². The molecule has 3 nitrogen and oxygen atoms in total. The zero-order chi connectivity index (χ0) is 14.3. The van der Waals surface area contributed by atoms with E-state index in [1.807, 2.05) is 7.11 Å². The van der Waals surface area contributed by atoms with E-state index in [2.05, 4.69) is 47.6 Å². The van der Waals surface area contributed by atoms with E-state index in [0.29, 0.717) is 5.41 Å². The zero-order valence-electron chi connectivity index (χ0n) is 12.9. The SMILES string of the molecule is COCC1(CN(C)CCc2ccccc2)CCNCC1. The lowest BCUT2D eigenvalue weighted by atomic mass is 9.79. The summed E-state index contributed by atoms with van der Waals surface area (Å²) in [7, 11) is 4.07. The Morgan fingerprint density at radius 2 is 1.90 bits per heavy atom. The molecule has 1 N–H and O–H groups in total. The summed E-state index contributed by atoms with van der Waals surface area (Å²) in [5, 5.41) is 3.45. The second-order valence-corrected chi connectivity index (χ2v) is 6.16. The summed E-state index contributed by atoms with van der Waals surface area (Å²) >= 11 is 0. The molecule has 0 bridgehead atoms. The summed E-state index contributed by atoms with van der Waals surface area (Å²) in [5.41, 5.74) is 1.76. The van der Waals surface area contributed by atoms with Gasteiger partial charge in [-0.05, 0) is 45.0 Å². The summed E-state index contributed by atoms with van der Waals surface area (Å²) in [6, 6.07) is 10.7. The number of nitrogens with one attached hydrogen (secondary N) is 1. The van der Waals surface area contributed by atoms with E-state index >= 15 is 0 Å². The number of benzene rings is 1. The standard InChI is InChI=1S/C17H28N2O/c1-19(13-8-16-6-4-3-5-7-16)14-17(15-20-2)9-11-18-12-10-17/h3-7,18H,8-15H2,1-2H3. The van der Waals surface area contributed by atoms with Gasteiger partial charge in [0.25, 0.3) is 0 Å². The van der Waals surface area contributed by atoms with Gasteiger partial charge in [-0.25, -0.2) is 0 Å². The molecular formula is C17H28N2O. The molecule has 112 valence electrons. The van der Waals surface area contributed by atoms with Gasteiger partial charge in [0.15, 0.2) is 0 Å². The number of rotatable bonds is 7. The summed E-state index contributed by atoms with van der Waals surface area (Å²) < 4.78 is 5.49. The summed E-state index contributed by atoms with van der Waals surface area (Å²) in [6.07, 6.45) is 3.56. The minimum Gasteiger partial charge on any atom is -0.384 e. The van der Waals surface area contributed by atoms with Gasteiger partial charge in [-0.3, -0.25) is 0 Å². The molecule has 0 radical (unpaired) electrons. The highest BCUT2D eigenvalue weighted by Crippen LogP contribution is 2.30. The lowest BCUT2D eigenvalue weighted by Crippen LogP contribution is -2.46. The second-order valence-electron chi connectivity index (χ2n) is 6.16. The van der Waals surface area contributed by atoms with Gasteiger partial charge in [-0.15, -0.1) is 0 Å². The Kier molecular flexibility index (Phi) is 6.02. The Morgan fingerprint density at radius 1 is 1.20 bits per heavy atom. The number of likely N-dealkylation sites (N-methyl/N-ethyl adjacent to an activating group) is 1. The van der Waals surface area contributed by atoms with Gasteiger partial charge in [0.05, 0.1) is 6.61 Å². The number of hydrogen-bond donors (Lipinski definition) is 1. The third-order valence-corrected chi connectivity index (χ3v) is 4.35. The molecule has 0 amide bonds. The van der Waals surface area contributed by atoms with E-state index in [9.17, 15) is 0 Å². The fraction of sp³-hybridized carbons (Fsp3) is 0.647. The molecule has 1 heterocycles. The van der Waals surface area contributed by atoms with Crippen LogP contribution in [-0.4, -0.2) is 51.8 Å². The van der Waals surface area contributed by atoms with Crippen molar-refractivity contribution in [2.75, 3.05) is 46.9 Å². The maximum atomic E-state index is 5.49. The Balaban J connectivity index is 1.83. The van der Waals surface area contributed by atoms with E-state index in [4.69, 9.17) is 4.74 Å². The quantitative estimate of drug-likeness (QED) is 0.826. The van der Waals surface area contributed by atoms with E-state index < -0.39 is 0 Å². The number of ether oxygens (including phenoxy) is 1. The molecule has 1 fully saturated rings. The van der Waals surface area contributed by atoms with Crippen molar-refractivity contribution in [1.29, 1.82) is 0 Å². The van der Waals surface area contributed by atoms with Crippen molar-refractivity contribution < 1.29 is 4.74 Å². The lowest BCUT2D eigenvalue weighted by Gasteiger charge is -2.40. The fourth-order valence-corrected chi connectivity index (χ4v) is 3.23. The van der Waals surface area contributed by atoms with Gasteiger partial charge in [0, 0.05) is 25.6 Å². The van der Waals surface area contributed by atoms with Crippen molar-refractivity contribution >= 4 is 0 Å². The van der Waals surface area contributed by atoms with Crippen molar-refractivity contribution in [3.8, 4) is 0 Å². The summed E-state index contributed by atoms with van der Waals surface area (Å²) in [5.74, 6) is 0. The van der Waals surface area contributed by atoms with Crippen LogP contribution in [0, 0.1) is 5.41 Å². The Morgan fingerprint density at radius 3 is 2.55 bits per heavy atom. The van der Waals surface area contributed by atoms with Crippen LogP contribution < -0.4 is 5.32 Å². The first-order valence-corrected chi connectivity index (χ1v) is 7.66. The minimum absolute atomic E-state index is 0.339. The molecule has 1 aromatic rings. The smallest absolute Gasteiger partial charge is 0.0531 e. The van der Waals surface area contributed by atoms with Crippen molar-refractivity contribution in [3.63, 3.8) is 0 Å². The maximum absolute atomic E-state index is 5.49. The van der Waals surface area contributed by atoms with E-state index in [0.717, 1.165) is 39.2 Å². The van der Waals surface area contributed by atoms with Crippen LogP contribution in [0.15, 0.2) is 30.3 Å². The first-order valence-electron chi connectivity index (χ1n) is 7.66. The number of nitrogens with zero attached hydrogens (tertiary/aromatic N) is 1. The van der Waals surface area contributed by atoms with E-state index in [-0.39, 0.29) is 0 Å². The molecular weight excluding hydrogens is 248 g/mol. The highest BCUT2D eigenvalue weighted by atomic mass is 16.5. The molecule has 0 aliphatic carbocycles. The minimum atomic E-state index is 0.339. The van der Waals surface area contributed by atoms with Crippen LogP contribution >= 0.6 is 0 Å². The molecule has 20 heavy (non-hydrogen) atoms. The van der Waals surface area contributed by atoms with Crippen LogP contribution in [0.3, 0.4) is 0 Å². The predicted molar refractivity (Wildman–Crippen MR) is 84.1 cm³/mol. The van der Waals surface area contributed by atoms with E-state index in [1.165, 1.54) is 18.4 Å². The van der Waals surface area contributed by atoms with Crippen LogP contribution in [0.4, 0.5) is 0 Å². The number of hydrogen-bond acceptors (Lipinski definition) is 3. The van der Waals surface area contributed by atoms with Crippen LogP contribution in [0.2, 0.25) is 0 Å². The van der Waals surface area contributed by atoms with Gasteiger partial charge in [0.1, 0.15) is 0 Å². The van der Waals surface area contributed by atoms with Gasteiger partial charge < -0.3 is 15.0 Å². The van der Waals surface area contributed by atoms with Crippen LogP contribution in [0.25, 0.3) is 0 Å². The Hall–Kier alpha value is -0.900. The van der Waals surface area contributed by atoms with Gasteiger partial charge in [-0.2, -0.15) is 0 Å². The molecule has 1 saturated heterocycles. The van der Waals surface area contributed by atoms with Crippen molar-refractivity contribution in [3.05, 3.63) is 35.9 Å². The van der Waals surface area contributed by atoms with Gasteiger partial charge >= 0.3 is 0 Å². The molecule has 1 aromatic carbocycles. The average Bonchev–Trinajstić information content (AvgIpc) is 2.47. The van der Waals surface area contributed by atoms with Crippen LogP contribution in [0.1, 0.15) is 18.4 Å². The molecule has 1 aliphatic heterocycles. The number of piperidine rings is 1. The summed E-state index contributed by atoms with van der Waals surface area (Å²) in [4.78, 5) is 2.47. The first-order chi connectivity index (χ1) is 9.74. The third kappa shape index (κ3) is 4.58. The zero-order valence-corrected chi connectivity index (χ0v) is 12.9. The molecule has 0 saturated carbocycles. The highest BCUT2D eigenvalue weighted by Gasteiger charge is 2.33. The monoisotopic (exact) mass is 276 g/mol. The Labute approximate surface area is 123 Å². The van der Waals surface area contributed by atoms with Crippen molar-refractivity contribution in [2.24, 2.45) is 5.41 Å². The van der Waals surface area contributed by atoms with Gasteiger partial charge in [0.2, 0.25) is 0 Å². The van der Waals surface area contributed by atoms with Gasteiger partial charge in [-0.1, -0.05) is 30.3 Å². The fourth-order valence-electron chi connectivity index (χ4n) is 3.23. The molecule has 0 unspecified atom stereocenters. The maximum Gasteiger partial charge on any atom is 0.0531 e. The lowest BCUT2D eigenvalue weighted by molar-refractivity contribution is 0.0288. The average molecular weight is 276 g/mol. The second kappa shape index (κ2) is 7.77. The summed E-state index contributed by atoms with van der Waals surface area (Å²) in [6.45, 7) is 5.37. The van der Waals surface area contributed by atoms with Crippen molar-refractivity contribution in [2.45, 2.75) is 19.3 Å². The normalized spacial score (nSPS) is 18.4. The van der Waals surface area contributed by atoms with E-state index in [1.54, 1.807) is 0 Å². The van der Waals surface area contributed by atoms with Crippen LogP contribution in [0.5, 0.6) is 0 Å². The third-order valence-electron chi connectivity index (χ3n) is 4.35. The van der Waals surface area contributed by atoms with Crippen molar-refractivity contribution in [1.82, 2.24) is 10.2 Å². The Bertz CT molecular complexity index is 368. The highest BCUT2D eigenvalue weighted by molar-refractivity contribution is 5.14. The molecule has 3 heteroatoms. The first kappa shape index (κ1) is 15.5. The molecule has 0 aromatic heterocycles. The molecule has 0 atom stereocenters. The molecule has 0 spiro atoms.